The Kier molecular flexibility index (Phi) is 4.89. The third kappa shape index (κ3) is 3.60. The van der Waals surface area contributed by atoms with E-state index in [0.717, 1.165) is 34.1 Å². The molecule has 0 bridgehead atoms. The molecule has 0 fully saturated rings. The van der Waals surface area contributed by atoms with Crippen LogP contribution >= 0.6 is 27.3 Å². The molecule has 0 saturated carbocycles. The van der Waals surface area contributed by atoms with Crippen molar-refractivity contribution in [1.82, 2.24) is 0 Å². The van der Waals surface area contributed by atoms with Gasteiger partial charge < -0.3 is 5.32 Å². The van der Waals surface area contributed by atoms with Crippen molar-refractivity contribution in [3.8, 4) is 0 Å². The number of anilines is 1. The van der Waals surface area contributed by atoms with Crippen LogP contribution in [-0.2, 0) is 12.8 Å². The molecule has 24 heavy (non-hydrogen) atoms. The van der Waals surface area contributed by atoms with Gasteiger partial charge in [0.2, 0.25) is 0 Å². The van der Waals surface area contributed by atoms with Crippen LogP contribution in [0.4, 0.5) is 5.69 Å². The molecule has 1 aromatic heterocycles. The number of benzene rings is 1. The van der Waals surface area contributed by atoms with Crippen LogP contribution in [0.5, 0.6) is 0 Å². The molecule has 0 saturated heterocycles. The van der Waals surface area contributed by atoms with Crippen LogP contribution in [0, 0.1) is 18.3 Å². The number of carbonyl (C=O) groups excluding carboxylic acids is 1. The summed E-state index contributed by atoms with van der Waals surface area (Å²) in [5.41, 5.74) is 4.45. The van der Waals surface area contributed by atoms with Crippen molar-refractivity contribution in [2.45, 2.75) is 47.0 Å². The summed E-state index contributed by atoms with van der Waals surface area (Å²) < 4.78 is 1.01. The quantitative estimate of drug-likeness (QED) is 0.630. The molecule has 1 atom stereocenters. The predicted octanol–water partition coefficient (Wildman–Crippen LogP) is 6.22. The molecule has 3 rings (SSSR count). The molecule has 1 aliphatic rings. The van der Waals surface area contributed by atoms with Crippen molar-refractivity contribution in [3.63, 3.8) is 0 Å². The van der Waals surface area contributed by atoms with Gasteiger partial charge in [0, 0.05) is 20.4 Å². The third-order valence-corrected chi connectivity index (χ3v) is 6.96. The highest BCUT2D eigenvalue weighted by molar-refractivity contribution is 9.10. The minimum absolute atomic E-state index is 0.0115. The van der Waals surface area contributed by atoms with E-state index in [-0.39, 0.29) is 5.91 Å². The zero-order chi connectivity index (χ0) is 17.5. The van der Waals surface area contributed by atoms with E-state index in [4.69, 9.17) is 0 Å². The van der Waals surface area contributed by atoms with Crippen molar-refractivity contribution in [3.05, 3.63) is 49.6 Å². The molecule has 1 heterocycles. The van der Waals surface area contributed by atoms with Crippen LogP contribution in [0.2, 0.25) is 0 Å². The second kappa shape index (κ2) is 6.64. The minimum atomic E-state index is 0.0115. The molecule has 1 amide bonds. The van der Waals surface area contributed by atoms with Gasteiger partial charge in [0.05, 0.1) is 5.56 Å². The average Bonchev–Trinajstić information content (AvgIpc) is 2.93. The van der Waals surface area contributed by atoms with Crippen molar-refractivity contribution < 1.29 is 4.79 Å². The summed E-state index contributed by atoms with van der Waals surface area (Å²) in [6.45, 7) is 8.99. The van der Waals surface area contributed by atoms with Crippen molar-refractivity contribution >= 4 is 38.9 Å². The number of aryl methyl sites for hydroxylation is 1. The summed E-state index contributed by atoms with van der Waals surface area (Å²) in [5.74, 6) is 0.713. The number of hydrogen-bond donors (Lipinski definition) is 1. The van der Waals surface area contributed by atoms with Gasteiger partial charge in [-0.25, -0.2) is 0 Å². The molecule has 128 valence electrons. The molecule has 0 radical (unpaired) electrons. The number of halogens is 1. The zero-order valence-electron chi connectivity index (χ0n) is 14.7. The zero-order valence-corrected chi connectivity index (χ0v) is 17.1. The molecule has 1 aliphatic carbocycles. The fraction of sp³-hybridized carbons (Fsp3) is 0.450. The molecule has 1 unspecified atom stereocenters. The largest absolute Gasteiger partial charge is 0.322 e. The van der Waals surface area contributed by atoms with Gasteiger partial charge in [-0.15, -0.1) is 11.3 Å². The average molecular weight is 406 g/mol. The lowest BCUT2D eigenvalue weighted by Gasteiger charge is -2.34. The Balaban J connectivity index is 1.78. The number of fused-ring (bicyclic) bond motifs is 1. The minimum Gasteiger partial charge on any atom is -0.322 e. The first-order valence-electron chi connectivity index (χ1n) is 8.42. The summed E-state index contributed by atoms with van der Waals surface area (Å²) in [5, 5.41) is 5.08. The number of hydrogen-bond acceptors (Lipinski definition) is 2. The second-order valence-corrected chi connectivity index (χ2v) is 9.59. The van der Waals surface area contributed by atoms with Gasteiger partial charge >= 0.3 is 0 Å². The first-order valence-corrected chi connectivity index (χ1v) is 10.1. The lowest BCUT2D eigenvalue weighted by molar-refractivity contribution is 0.102. The van der Waals surface area contributed by atoms with Crippen LogP contribution in [0.25, 0.3) is 0 Å². The molecule has 0 aliphatic heterocycles. The Labute approximate surface area is 156 Å². The molecule has 4 heteroatoms. The molecular formula is C20H24BrNOS. The van der Waals surface area contributed by atoms with E-state index in [9.17, 15) is 4.79 Å². The highest BCUT2D eigenvalue weighted by Gasteiger charge is 2.31. The standard InChI is InChI=1S/C20H24BrNOS/c1-12-5-7-14(10-17(12)21)22-19(23)16-11-24-18-9-13(20(2,3)4)6-8-15(16)18/h5,7,10-11,13H,6,8-9H2,1-4H3,(H,22,23). The smallest absolute Gasteiger partial charge is 0.256 e. The molecule has 2 nitrogen and oxygen atoms in total. The first-order chi connectivity index (χ1) is 11.3. The van der Waals surface area contributed by atoms with E-state index in [1.54, 1.807) is 11.3 Å². The normalized spacial score (nSPS) is 17.5. The van der Waals surface area contributed by atoms with Gasteiger partial charge in [-0.3, -0.25) is 4.79 Å². The summed E-state index contributed by atoms with van der Waals surface area (Å²) in [6.07, 6.45) is 3.29. The van der Waals surface area contributed by atoms with E-state index in [1.165, 1.54) is 16.9 Å². The Hall–Kier alpha value is -1.13. The number of nitrogens with one attached hydrogen (secondary N) is 1. The van der Waals surface area contributed by atoms with Gasteiger partial charge in [0.25, 0.3) is 5.91 Å². The van der Waals surface area contributed by atoms with Crippen LogP contribution in [0.15, 0.2) is 28.1 Å². The van der Waals surface area contributed by atoms with Crippen LogP contribution < -0.4 is 5.32 Å². The Bertz CT molecular complexity index is 772. The van der Waals surface area contributed by atoms with E-state index >= 15 is 0 Å². The van der Waals surface area contributed by atoms with Gasteiger partial charge in [-0.1, -0.05) is 42.8 Å². The van der Waals surface area contributed by atoms with Gasteiger partial charge in [-0.2, -0.15) is 0 Å². The summed E-state index contributed by atoms with van der Waals surface area (Å²) >= 11 is 5.27. The lowest BCUT2D eigenvalue weighted by atomic mass is 9.72. The lowest BCUT2D eigenvalue weighted by Crippen LogP contribution is -2.27. The number of thiophene rings is 1. The summed E-state index contributed by atoms with van der Waals surface area (Å²) in [6, 6.07) is 5.92. The van der Waals surface area contributed by atoms with Crippen LogP contribution in [0.3, 0.4) is 0 Å². The van der Waals surface area contributed by atoms with Crippen LogP contribution in [0.1, 0.15) is 53.6 Å². The predicted molar refractivity (Wildman–Crippen MR) is 106 cm³/mol. The molecule has 1 aromatic carbocycles. The molecule has 2 aromatic rings. The SMILES string of the molecule is Cc1ccc(NC(=O)c2csc3c2CCC(C(C)(C)C)C3)cc1Br. The monoisotopic (exact) mass is 405 g/mol. The highest BCUT2D eigenvalue weighted by atomic mass is 79.9. The van der Waals surface area contributed by atoms with E-state index in [1.807, 2.05) is 30.5 Å². The maximum Gasteiger partial charge on any atom is 0.256 e. The number of carbonyl (C=O) groups is 1. The van der Waals surface area contributed by atoms with E-state index in [0.29, 0.717) is 11.3 Å². The highest BCUT2D eigenvalue weighted by Crippen LogP contribution is 2.40. The second-order valence-electron chi connectivity index (χ2n) is 7.77. The van der Waals surface area contributed by atoms with Gasteiger partial charge in [0.15, 0.2) is 0 Å². The van der Waals surface area contributed by atoms with Crippen molar-refractivity contribution in [2.24, 2.45) is 11.3 Å². The Morgan fingerprint density at radius 3 is 2.75 bits per heavy atom. The van der Waals surface area contributed by atoms with E-state index in [2.05, 4.69) is 42.0 Å². The summed E-state index contributed by atoms with van der Waals surface area (Å²) in [4.78, 5) is 14.1. The number of rotatable bonds is 2. The Morgan fingerprint density at radius 2 is 2.08 bits per heavy atom. The van der Waals surface area contributed by atoms with Crippen molar-refractivity contribution in [2.75, 3.05) is 5.32 Å². The number of amides is 1. The van der Waals surface area contributed by atoms with E-state index < -0.39 is 0 Å². The first kappa shape index (κ1) is 17.7. The topological polar surface area (TPSA) is 29.1 Å². The maximum atomic E-state index is 12.7. The third-order valence-electron chi connectivity index (χ3n) is 5.05. The Morgan fingerprint density at radius 1 is 1.33 bits per heavy atom. The summed E-state index contributed by atoms with van der Waals surface area (Å²) in [7, 11) is 0. The van der Waals surface area contributed by atoms with Crippen molar-refractivity contribution in [1.29, 1.82) is 0 Å². The maximum absolute atomic E-state index is 12.7. The fourth-order valence-electron chi connectivity index (χ4n) is 3.31. The molecule has 1 N–H and O–H groups in total. The fourth-order valence-corrected chi connectivity index (χ4v) is 4.85. The molecule has 0 spiro atoms. The molecular weight excluding hydrogens is 382 g/mol. The van der Waals surface area contributed by atoms with Gasteiger partial charge in [0.1, 0.15) is 0 Å². The van der Waals surface area contributed by atoms with Gasteiger partial charge in [-0.05, 0) is 60.8 Å². The van der Waals surface area contributed by atoms with Crippen LogP contribution in [-0.4, -0.2) is 5.91 Å².